The Morgan fingerprint density at radius 2 is 1.84 bits per heavy atom. The van der Waals surface area contributed by atoms with E-state index < -0.39 is 0 Å². The summed E-state index contributed by atoms with van der Waals surface area (Å²) >= 11 is 1.77. The summed E-state index contributed by atoms with van der Waals surface area (Å²) in [4.78, 5) is 16.0. The summed E-state index contributed by atoms with van der Waals surface area (Å²) in [7, 11) is 0. The predicted molar refractivity (Wildman–Crippen MR) is 102 cm³/mol. The van der Waals surface area contributed by atoms with Gasteiger partial charge in [0.25, 0.3) is 5.91 Å². The molecule has 1 aliphatic rings. The third-order valence-corrected chi connectivity index (χ3v) is 5.53. The Bertz CT molecular complexity index is 622. The molecule has 2 aromatic rings. The Hall–Kier alpha value is -1.85. The number of thiophene rings is 1. The lowest BCUT2D eigenvalue weighted by atomic mass is 10.2. The van der Waals surface area contributed by atoms with Crippen LogP contribution in [-0.4, -0.2) is 37.0 Å². The average Bonchev–Trinajstić information content (AvgIpc) is 3.04. The van der Waals surface area contributed by atoms with Crippen LogP contribution >= 0.6 is 11.3 Å². The van der Waals surface area contributed by atoms with Gasteiger partial charge >= 0.3 is 0 Å². The van der Waals surface area contributed by atoms with Crippen molar-refractivity contribution in [3.05, 3.63) is 52.7 Å². The van der Waals surface area contributed by atoms with Gasteiger partial charge in [0.2, 0.25) is 0 Å². The summed E-state index contributed by atoms with van der Waals surface area (Å²) in [5, 5.41) is 5.17. The zero-order valence-corrected chi connectivity index (χ0v) is 15.3. The van der Waals surface area contributed by atoms with Gasteiger partial charge in [0.15, 0.2) is 6.61 Å². The molecule has 0 unspecified atom stereocenters. The number of likely N-dealkylation sites (tertiary alicyclic amines) is 1. The van der Waals surface area contributed by atoms with Crippen LogP contribution in [0.3, 0.4) is 0 Å². The molecule has 0 saturated carbocycles. The molecule has 0 spiro atoms. The Kier molecular flexibility index (Phi) is 6.89. The number of carbonyl (C=O) groups is 1. The number of ether oxygens (including phenoxy) is 1. The normalized spacial score (nSPS) is 16.8. The van der Waals surface area contributed by atoms with Crippen LogP contribution < -0.4 is 10.1 Å². The molecular weight excluding hydrogens is 332 g/mol. The molecule has 0 radical (unpaired) electrons. The Morgan fingerprint density at radius 3 is 2.52 bits per heavy atom. The monoisotopic (exact) mass is 358 g/mol. The SMILES string of the molecule is O=C(COc1ccccc1)NC[C@H](c1cccs1)N1CCCCCC1. The molecule has 0 aliphatic carbocycles. The molecule has 1 aromatic heterocycles. The van der Waals surface area contributed by atoms with Crippen LogP contribution in [0.15, 0.2) is 47.8 Å². The van der Waals surface area contributed by atoms with Crippen molar-refractivity contribution < 1.29 is 9.53 Å². The second-order valence-electron chi connectivity index (χ2n) is 6.39. The summed E-state index contributed by atoms with van der Waals surface area (Å²) in [5.74, 6) is 0.653. The van der Waals surface area contributed by atoms with E-state index in [0.717, 1.165) is 18.8 Å². The highest BCUT2D eigenvalue weighted by Gasteiger charge is 2.22. The van der Waals surface area contributed by atoms with Gasteiger partial charge in [-0.2, -0.15) is 0 Å². The van der Waals surface area contributed by atoms with Gasteiger partial charge < -0.3 is 10.1 Å². The quantitative estimate of drug-likeness (QED) is 0.817. The van der Waals surface area contributed by atoms with E-state index in [4.69, 9.17) is 4.74 Å². The predicted octanol–water partition coefficient (Wildman–Crippen LogP) is 3.86. The van der Waals surface area contributed by atoms with E-state index in [1.165, 1.54) is 30.6 Å². The molecule has 134 valence electrons. The standard InChI is InChI=1S/C20H26N2O2S/c23-20(16-24-17-9-4-3-5-10-17)21-15-18(19-11-8-14-25-19)22-12-6-1-2-7-13-22/h3-5,8-11,14,18H,1-2,6-7,12-13,15-16H2,(H,21,23)/t18-/m1/s1. The van der Waals surface area contributed by atoms with Crippen molar-refractivity contribution in [3.63, 3.8) is 0 Å². The number of carbonyl (C=O) groups excluding carboxylic acids is 1. The number of hydrogen-bond acceptors (Lipinski definition) is 4. The van der Waals surface area contributed by atoms with Crippen molar-refractivity contribution in [1.82, 2.24) is 10.2 Å². The molecule has 1 amide bonds. The first-order valence-corrected chi connectivity index (χ1v) is 9.93. The molecule has 0 bridgehead atoms. The molecular formula is C20H26N2O2S. The van der Waals surface area contributed by atoms with Gasteiger partial charge in [-0.25, -0.2) is 0 Å². The fourth-order valence-electron chi connectivity index (χ4n) is 3.22. The molecule has 1 fully saturated rings. The molecule has 1 saturated heterocycles. The summed E-state index contributed by atoms with van der Waals surface area (Å²) in [5.41, 5.74) is 0. The number of nitrogens with zero attached hydrogens (tertiary/aromatic N) is 1. The zero-order chi connectivity index (χ0) is 17.3. The number of para-hydroxylation sites is 1. The van der Waals surface area contributed by atoms with Crippen LogP contribution in [0.1, 0.15) is 36.6 Å². The van der Waals surface area contributed by atoms with Crippen LogP contribution in [0.25, 0.3) is 0 Å². The Morgan fingerprint density at radius 1 is 1.08 bits per heavy atom. The smallest absolute Gasteiger partial charge is 0.258 e. The first kappa shape index (κ1) is 18.0. The maximum absolute atomic E-state index is 12.2. The molecule has 4 nitrogen and oxygen atoms in total. The molecule has 1 atom stereocenters. The van der Waals surface area contributed by atoms with E-state index in [1.807, 2.05) is 30.3 Å². The first-order chi connectivity index (χ1) is 12.3. The van der Waals surface area contributed by atoms with E-state index in [9.17, 15) is 4.79 Å². The second kappa shape index (κ2) is 9.59. The lowest BCUT2D eigenvalue weighted by molar-refractivity contribution is -0.123. The zero-order valence-electron chi connectivity index (χ0n) is 14.5. The topological polar surface area (TPSA) is 41.6 Å². The number of nitrogens with one attached hydrogen (secondary N) is 1. The van der Waals surface area contributed by atoms with Crippen molar-refractivity contribution >= 4 is 17.2 Å². The molecule has 3 rings (SSSR count). The van der Waals surface area contributed by atoms with Crippen molar-refractivity contribution in [2.24, 2.45) is 0 Å². The second-order valence-corrected chi connectivity index (χ2v) is 7.37. The molecule has 1 aliphatic heterocycles. The van der Waals surface area contributed by atoms with Crippen molar-refractivity contribution in [2.75, 3.05) is 26.2 Å². The lowest BCUT2D eigenvalue weighted by Crippen LogP contribution is -2.39. The largest absolute Gasteiger partial charge is 0.484 e. The molecule has 1 aromatic carbocycles. The average molecular weight is 359 g/mol. The minimum absolute atomic E-state index is 0.0567. The van der Waals surface area contributed by atoms with Gasteiger partial charge in [0.1, 0.15) is 5.75 Å². The van der Waals surface area contributed by atoms with Crippen molar-refractivity contribution in [2.45, 2.75) is 31.7 Å². The van der Waals surface area contributed by atoms with Crippen molar-refractivity contribution in [3.8, 4) is 5.75 Å². The maximum Gasteiger partial charge on any atom is 0.258 e. The summed E-state index contributed by atoms with van der Waals surface area (Å²) in [6.45, 7) is 2.91. The van der Waals surface area contributed by atoms with Crippen LogP contribution in [0, 0.1) is 0 Å². The Balaban J connectivity index is 1.54. The van der Waals surface area contributed by atoms with Gasteiger partial charge in [-0.05, 0) is 49.5 Å². The number of hydrogen-bond donors (Lipinski definition) is 1. The number of benzene rings is 1. The maximum atomic E-state index is 12.2. The van der Waals surface area contributed by atoms with Crippen LogP contribution in [-0.2, 0) is 4.79 Å². The van der Waals surface area contributed by atoms with Crippen molar-refractivity contribution in [1.29, 1.82) is 0 Å². The van der Waals surface area contributed by atoms with E-state index in [-0.39, 0.29) is 18.6 Å². The van der Waals surface area contributed by atoms with Gasteiger partial charge in [-0.1, -0.05) is 37.1 Å². The van der Waals surface area contributed by atoms with Crippen LogP contribution in [0.5, 0.6) is 5.75 Å². The summed E-state index contributed by atoms with van der Waals surface area (Å²) in [6.07, 6.45) is 5.11. The number of amides is 1. The molecule has 25 heavy (non-hydrogen) atoms. The molecule has 5 heteroatoms. The van der Waals surface area contributed by atoms with Gasteiger partial charge in [-0.15, -0.1) is 11.3 Å². The van der Waals surface area contributed by atoms with E-state index in [1.54, 1.807) is 11.3 Å². The fraction of sp³-hybridized carbons (Fsp3) is 0.450. The lowest BCUT2D eigenvalue weighted by Gasteiger charge is -2.30. The van der Waals surface area contributed by atoms with Gasteiger partial charge in [0.05, 0.1) is 6.04 Å². The fourth-order valence-corrected chi connectivity index (χ4v) is 4.09. The summed E-state index contributed by atoms with van der Waals surface area (Å²) in [6, 6.07) is 14.0. The third-order valence-electron chi connectivity index (χ3n) is 4.56. The highest BCUT2D eigenvalue weighted by Crippen LogP contribution is 2.27. The highest BCUT2D eigenvalue weighted by molar-refractivity contribution is 7.10. The molecule has 1 N–H and O–H groups in total. The minimum atomic E-state index is -0.0692. The van der Waals surface area contributed by atoms with E-state index in [2.05, 4.69) is 27.7 Å². The van der Waals surface area contributed by atoms with E-state index in [0.29, 0.717) is 6.54 Å². The molecule has 2 heterocycles. The minimum Gasteiger partial charge on any atom is -0.484 e. The summed E-state index contributed by atoms with van der Waals surface area (Å²) < 4.78 is 5.53. The number of rotatable bonds is 7. The first-order valence-electron chi connectivity index (χ1n) is 9.05. The van der Waals surface area contributed by atoms with Crippen LogP contribution in [0.2, 0.25) is 0 Å². The van der Waals surface area contributed by atoms with E-state index >= 15 is 0 Å². The van der Waals surface area contributed by atoms with Gasteiger partial charge in [-0.3, -0.25) is 9.69 Å². The third kappa shape index (κ3) is 5.58. The highest BCUT2D eigenvalue weighted by atomic mass is 32.1. The Labute approximate surface area is 153 Å². The van der Waals surface area contributed by atoms with Gasteiger partial charge in [0, 0.05) is 11.4 Å². The van der Waals surface area contributed by atoms with Crippen LogP contribution in [0.4, 0.5) is 0 Å².